The molecule has 0 rings (SSSR count). The first-order valence-electron chi connectivity index (χ1n) is 6.23. The Morgan fingerprint density at radius 2 is 1.63 bits per heavy atom. The van der Waals surface area contributed by atoms with Crippen molar-refractivity contribution in [2.24, 2.45) is 5.73 Å². The van der Waals surface area contributed by atoms with Gasteiger partial charge in [-0.3, -0.25) is 9.59 Å². The van der Waals surface area contributed by atoms with E-state index in [0.717, 1.165) is 0 Å². The number of amides is 1. The Kier molecular flexibility index (Phi) is 7.74. The van der Waals surface area contributed by atoms with Gasteiger partial charge in [0.1, 0.15) is 6.54 Å². The SMILES string of the molecule is CCOC(=O)CN(C(=O)C(N)C(=O)OCC)C(C)C. The number of nitrogens with zero attached hydrogens (tertiary/aromatic N) is 1. The molecule has 0 saturated heterocycles. The van der Waals surface area contributed by atoms with Crippen molar-refractivity contribution in [3.05, 3.63) is 0 Å². The van der Waals surface area contributed by atoms with Gasteiger partial charge in [-0.1, -0.05) is 0 Å². The minimum Gasteiger partial charge on any atom is -0.465 e. The molecule has 1 unspecified atom stereocenters. The van der Waals surface area contributed by atoms with E-state index in [-0.39, 0.29) is 25.8 Å². The third-order valence-corrected chi connectivity index (χ3v) is 2.32. The second kappa shape index (κ2) is 8.47. The Morgan fingerprint density at radius 3 is 2.05 bits per heavy atom. The van der Waals surface area contributed by atoms with E-state index in [1.165, 1.54) is 4.90 Å². The van der Waals surface area contributed by atoms with Crippen molar-refractivity contribution in [2.45, 2.75) is 39.8 Å². The fraction of sp³-hybridized carbons (Fsp3) is 0.750. The lowest BCUT2D eigenvalue weighted by molar-refractivity contribution is -0.156. The van der Waals surface area contributed by atoms with Gasteiger partial charge < -0.3 is 20.1 Å². The van der Waals surface area contributed by atoms with Gasteiger partial charge in [-0.25, -0.2) is 4.79 Å². The molecule has 1 atom stereocenters. The molecule has 0 spiro atoms. The van der Waals surface area contributed by atoms with Gasteiger partial charge in [0.25, 0.3) is 5.91 Å². The average Bonchev–Trinajstić information content (AvgIpc) is 2.34. The van der Waals surface area contributed by atoms with Crippen LogP contribution in [0.5, 0.6) is 0 Å². The zero-order valence-corrected chi connectivity index (χ0v) is 11.8. The lowest BCUT2D eigenvalue weighted by Gasteiger charge is -2.27. The highest BCUT2D eigenvalue weighted by Crippen LogP contribution is 2.03. The maximum Gasteiger partial charge on any atom is 0.332 e. The lowest BCUT2D eigenvalue weighted by atomic mass is 10.2. The molecule has 0 aromatic heterocycles. The van der Waals surface area contributed by atoms with E-state index in [0.29, 0.717) is 0 Å². The number of rotatable bonds is 7. The largest absolute Gasteiger partial charge is 0.465 e. The lowest BCUT2D eigenvalue weighted by Crippen LogP contribution is -2.52. The summed E-state index contributed by atoms with van der Waals surface area (Å²) in [4.78, 5) is 36.0. The number of esters is 2. The van der Waals surface area contributed by atoms with Crippen molar-refractivity contribution in [1.29, 1.82) is 0 Å². The third-order valence-electron chi connectivity index (χ3n) is 2.32. The van der Waals surface area contributed by atoms with Crippen molar-refractivity contribution < 1.29 is 23.9 Å². The standard InChI is InChI=1S/C12H22N2O5/c1-5-18-9(15)7-14(8(3)4)11(16)10(13)12(17)19-6-2/h8,10H,5-7,13H2,1-4H3. The van der Waals surface area contributed by atoms with E-state index in [4.69, 9.17) is 10.5 Å². The number of ether oxygens (including phenoxy) is 2. The van der Waals surface area contributed by atoms with Crippen LogP contribution < -0.4 is 5.73 Å². The van der Waals surface area contributed by atoms with Gasteiger partial charge in [0, 0.05) is 6.04 Å². The molecule has 2 N–H and O–H groups in total. The van der Waals surface area contributed by atoms with Crippen molar-refractivity contribution in [3.63, 3.8) is 0 Å². The Labute approximate surface area is 113 Å². The van der Waals surface area contributed by atoms with E-state index in [9.17, 15) is 14.4 Å². The smallest absolute Gasteiger partial charge is 0.332 e. The van der Waals surface area contributed by atoms with Gasteiger partial charge in [-0.2, -0.15) is 0 Å². The van der Waals surface area contributed by atoms with Crippen LogP contribution in [0.15, 0.2) is 0 Å². The Bertz CT molecular complexity index is 330. The molecule has 1 amide bonds. The maximum atomic E-state index is 12.0. The van der Waals surface area contributed by atoms with E-state index in [2.05, 4.69) is 4.74 Å². The molecule has 0 bridgehead atoms. The highest BCUT2D eigenvalue weighted by atomic mass is 16.5. The first-order valence-corrected chi connectivity index (χ1v) is 6.23. The summed E-state index contributed by atoms with van der Waals surface area (Å²) in [5.74, 6) is -2.00. The van der Waals surface area contributed by atoms with Crippen molar-refractivity contribution >= 4 is 17.8 Å². The minimum absolute atomic E-state index is 0.138. The van der Waals surface area contributed by atoms with Gasteiger partial charge in [-0.15, -0.1) is 0 Å². The van der Waals surface area contributed by atoms with E-state index in [1.807, 2.05) is 0 Å². The predicted octanol–water partition coefficient (Wildman–Crippen LogP) is -0.323. The number of nitrogens with two attached hydrogens (primary N) is 1. The molecule has 0 heterocycles. The molecule has 0 aromatic rings. The summed E-state index contributed by atoms with van der Waals surface area (Å²) in [7, 11) is 0. The predicted molar refractivity (Wildman–Crippen MR) is 68.1 cm³/mol. The average molecular weight is 274 g/mol. The summed E-state index contributed by atoms with van der Waals surface area (Å²) in [6.45, 7) is 6.85. The molecule has 0 aromatic carbocycles. The van der Waals surface area contributed by atoms with Crippen LogP contribution in [0, 0.1) is 0 Å². The molecule has 0 radical (unpaired) electrons. The number of carbonyl (C=O) groups excluding carboxylic acids is 3. The van der Waals surface area contributed by atoms with E-state index in [1.54, 1.807) is 27.7 Å². The maximum absolute atomic E-state index is 12.0. The summed E-state index contributed by atoms with van der Waals surface area (Å²) in [5.41, 5.74) is 5.52. The van der Waals surface area contributed by atoms with Crippen LogP contribution in [0.4, 0.5) is 0 Å². The van der Waals surface area contributed by atoms with Crippen LogP contribution in [0.1, 0.15) is 27.7 Å². The number of hydrogen-bond acceptors (Lipinski definition) is 6. The quantitative estimate of drug-likeness (QED) is 0.504. The third kappa shape index (κ3) is 5.69. The Balaban J connectivity index is 4.74. The Hall–Kier alpha value is -1.63. The molecule has 0 saturated carbocycles. The van der Waals surface area contributed by atoms with Gasteiger partial charge in [0.05, 0.1) is 13.2 Å². The fourth-order valence-electron chi connectivity index (χ4n) is 1.37. The van der Waals surface area contributed by atoms with E-state index < -0.39 is 23.9 Å². The molecule has 7 nitrogen and oxygen atoms in total. The molecular formula is C12H22N2O5. The van der Waals surface area contributed by atoms with Crippen LogP contribution in [-0.2, 0) is 23.9 Å². The van der Waals surface area contributed by atoms with Gasteiger partial charge in [0.2, 0.25) is 0 Å². The summed E-state index contributed by atoms with van der Waals surface area (Å²) in [5, 5.41) is 0. The molecular weight excluding hydrogens is 252 g/mol. The summed E-state index contributed by atoms with van der Waals surface area (Å²) in [6, 6.07) is -1.70. The molecule has 0 fully saturated rings. The monoisotopic (exact) mass is 274 g/mol. The Morgan fingerprint density at radius 1 is 1.11 bits per heavy atom. The minimum atomic E-state index is -1.42. The molecule has 0 aliphatic heterocycles. The van der Waals surface area contributed by atoms with E-state index >= 15 is 0 Å². The van der Waals surface area contributed by atoms with Crippen LogP contribution in [0.25, 0.3) is 0 Å². The highest BCUT2D eigenvalue weighted by Gasteiger charge is 2.31. The van der Waals surface area contributed by atoms with Gasteiger partial charge in [0.15, 0.2) is 6.04 Å². The zero-order valence-electron chi connectivity index (χ0n) is 11.8. The van der Waals surface area contributed by atoms with Crippen molar-refractivity contribution in [1.82, 2.24) is 4.90 Å². The first kappa shape index (κ1) is 17.4. The molecule has 0 aliphatic carbocycles. The second-order valence-corrected chi connectivity index (χ2v) is 4.09. The van der Waals surface area contributed by atoms with Crippen LogP contribution in [0.3, 0.4) is 0 Å². The topological polar surface area (TPSA) is 98.9 Å². The second-order valence-electron chi connectivity index (χ2n) is 4.09. The van der Waals surface area contributed by atoms with Crippen LogP contribution in [-0.4, -0.2) is 54.6 Å². The molecule has 19 heavy (non-hydrogen) atoms. The summed E-state index contributed by atoms with van der Waals surface area (Å²) in [6.07, 6.45) is 0. The first-order chi connectivity index (χ1) is 8.84. The molecule has 110 valence electrons. The van der Waals surface area contributed by atoms with Crippen molar-refractivity contribution in [2.75, 3.05) is 19.8 Å². The molecule has 7 heteroatoms. The van der Waals surface area contributed by atoms with Crippen LogP contribution >= 0.6 is 0 Å². The van der Waals surface area contributed by atoms with Crippen molar-refractivity contribution in [3.8, 4) is 0 Å². The van der Waals surface area contributed by atoms with Gasteiger partial charge >= 0.3 is 11.9 Å². The molecule has 0 aliphatic rings. The number of hydrogen-bond donors (Lipinski definition) is 1. The summed E-state index contributed by atoms with van der Waals surface area (Å²) >= 11 is 0. The highest BCUT2D eigenvalue weighted by molar-refractivity contribution is 6.02. The van der Waals surface area contributed by atoms with Crippen LogP contribution in [0.2, 0.25) is 0 Å². The zero-order chi connectivity index (χ0) is 15.0. The summed E-state index contributed by atoms with van der Waals surface area (Å²) < 4.78 is 9.45. The van der Waals surface area contributed by atoms with Gasteiger partial charge in [-0.05, 0) is 27.7 Å². The fourth-order valence-corrected chi connectivity index (χ4v) is 1.37. The normalized spacial score (nSPS) is 11.9. The number of carbonyl (C=O) groups is 3.